The standard InChI is InChI=1S/C18H24FN3O/c1-11(2)22-16-8-6-5-7-13(16)18(21-22)14-9-17(23-12(3)4)20-10-15(14)19/h9-12H,5-8H2,1-4H3. The second-order valence-electron chi connectivity index (χ2n) is 6.69. The number of ether oxygens (including phenoxy) is 1. The monoisotopic (exact) mass is 317 g/mol. The number of pyridine rings is 1. The van der Waals surface area contributed by atoms with E-state index in [0.717, 1.165) is 25.0 Å². The summed E-state index contributed by atoms with van der Waals surface area (Å²) < 4.78 is 22.1. The van der Waals surface area contributed by atoms with Crippen LogP contribution in [0.4, 0.5) is 4.39 Å². The molecule has 1 aliphatic carbocycles. The number of halogens is 1. The summed E-state index contributed by atoms with van der Waals surface area (Å²) >= 11 is 0. The molecule has 124 valence electrons. The van der Waals surface area contributed by atoms with Crippen LogP contribution in [0.1, 0.15) is 57.8 Å². The second-order valence-corrected chi connectivity index (χ2v) is 6.69. The van der Waals surface area contributed by atoms with Gasteiger partial charge in [0.1, 0.15) is 0 Å². The van der Waals surface area contributed by atoms with Crippen molar-refractivity contribution in [2.24, 2.45) is 0 Å². The van der Waals surface area contributed by atoms with E-state index < -0.39 is 0 Å². The van der Waals surface area contributed by atoms with Gasteiger partial charge in [-0.1, -0.05) is 0 Å². The molecular formula is C18H24FN3O. The van der Waals surface area contributed by atoms with E-state index in [2.05, 4.69) is 18.8 Å². The molecule has 2 aromatic rings. The lowest BCUT2D eigenvalue weighted by molar-refractivity contribution is 0.232. The summed E-state index contributed by atoms with van der Waals surface area (Å²) in [5.41, 5.74) is 3.68. The summed E-state index contributed by atoms with van der Waals surface area (Å²) in [7, 11) is 0. The molecule has 0 atom stereocenters. The summed E-state index contributed by atoms with van der Waals surface area (Å²) in [5.74, 6) is 0.0999. The van der Waals surface area contributed by atoms with Crippen LogP contribution in [0.15, 0.2) is 12.3 Å². The highest BCUT2D eigenvalue weighted by Gasteiger charge is 2.25. The summed E-state index contributed by atoms with van der Waals surface area (Å²) in [6, 6.07) is 1.95. The zero-order chi connectivity index (χ0) is 16.6. The first-order valence-corrected chi connectivity index (χ1v) is 8.40. The molecule has 4 nitrogen and oxygen atoms in total. The van der Waals surface area contributed by atoms with Crippen molar-refractivity contribution in [3.8, 4) is 17.1 Å². The average molecular weight is 317 g/mol. The topological polar surface area (TPSA) is 39.9 Å². The van der Waals surface area contributed by atoms with Crippen LogP contribution >= 0.6 is 0 Å². The fraction of sp³-hybridized carbons (Fsp3) is 0.556. The van der Waals surface area contributed by atoms with Crippen LogP contribution in [-0.4, -0.2) is 20.9 Å². The van der Waals surface area contributed by atoms with Crippen molar-refractivity contribution < 1.29 is 9.13 Å². The van der Waals surface area contributed by atoms with Crippen LogP contribution in [0.3, 0.4) is 0 Å². The highest BCUT2D eigenvalue weighted by atomic mass is 19.1. The molecule has 0 saturated heterocycles. The minimum Gasteiger partial charge on any atom is -0.475 e. The van der Waals surface area contributed by atoms with Crippen molar-refractivity contribution in [2.45, 2.75) is 65.5 Å². The zero-order valence-corrected chi connectivity index (χ0v) is 14.3. The third kappa shape index (κ3) is 3.09. The van der Waals surface area contributed by atoms with Gasteiger partial charge in [-0.05, 0) is 53.4 Å². The summed E-state index contributed by atoms with van der Waals surface area (Å²) in [5, 5.41) is 4.74. The van der Waals surface area contributed by atoms with E-state index >= 15 is 0 Å². The van der Waals surface area contributed by atoms with Gasteiger partial charge in [0.05, 0.1) is 18.0 Å². The van der Waals surface area contributed by atoms with Crippen LogP contribution in [0.25, 0.3) is 11.3 Å². The van der Waals surface area contributed by atoms with E-state index in [9.17, 15) is 4.39 Å². The lowest BCUT2D eigenvalue weighted by Crippen LogP contribution is -2.11. The predicted octanol–water partition coefficient (Wildman–Crippen LogP) is 4.33. The normalized spacial score (nSPS) is 14.4. The van der Waals surface area contributed by atoms with E-state index in [1.54, 1.807) is 6.07 Å². The van der Waals surface area contributed by atoms with Gasteiger partial charge in [-0.25, -0.2) is 9.37 Å². The van der Waals surface area contributed by atoms with Gasteiger partial charge in [0.2, 0.25) is 5.88 Å². The highest BCUT2D eigenvalue weighted by Crippen LogP contribution is 2.34. The van der Waals surface area contributed by atoms with Crippen molar-refractivity contribution in [1.82, 2.24) is 14.8 Å². The molecule has 23 heavy (non-hydrogen) atoms. The van der Waals surface area contributed by atoms with Crippen molar-refractivity contribution in [1.29, 1.82) is 0 Å². The third-order valence-corrected chi connectivity index (χ3v) is 4.14. The Kier molecular flexibility index (Phi) is 4.37. The molecule has 0 amide bonds. The third-order valence-electron chi connectivity index (χ3n) is 4.14. The first-order chi connectivity index (χ1) is 11.0. The molecule has 0 N–H and O–H groups in total. The van der Waals surface area contributed by atoms with Crippen molar-refractivity contribution in [3.05, 3.63) is 29.3 Å². The van der Waals surface area contributed by atoms with Gasteiger partial charge in [-0.15, -0.1) is 0 Å². The van der Waals surface area contributed by atoms with Crippen molar-refractivity contribution in [3.63, 3.8) is 0 Å². The summed E-state index contributed by atoms with van der Waals surface area (Å²) in [6.45, 7) is 8.09. The lowest BCUT2D eigenvalue weighted by Gasteiger charge is -2.16. The SMILES string of the molecule is CC(C)Oc1cc(-c2nn(C(C)C)c3c2CCCC3)c(F)cn1. The molecule has 0 unspecified atom stereocenters. The Hall–Kier alpha value is -1.91. The number of nitrogens with zero attached hydrogens (tertiary/aromatic N) is 3. The molecular weight excluding hydrogens is 293 g/mol. The molecule has 5 heteroatoms. The Morgan fingerprint density at radius 3 is 2.61 bits per heavy atom. The van der Waals surface area contributed by atoms with Gasteiger partial charge in [0.25, 0.3) is 0 Å². The second kappa shape index (κ2) is 6.30. The zero-order valence-electron chi connectivity index (χ0n) is 14.3. The molecule has 2 aromatic heterocycles. The maximum Gasteiger partial charge on any atom is 0.214 e. The predicted molar refractivity (Wildman–Crippen MR) is 88.2 cm³/mol. The molecule has 0 bridgehead atoms. The number of hydrogen-bond acceptors (Lipinski definition) is 3. The van der Waals surface area contributed by atoms with E-state index in [-0.39, 0.29) is 18.0 Å². The Morgan fingerprint density at radius 1 is 1.17 bits per heavy atom. The molecule has 2 heterocycles. The van der Waals surface area contributed by atoms with Crippen molar-refractivity contribution >= 4 is 0 Å². The highest BCUT2D eigenvalue weighted by molar-refractivity contribution is 5.66. The smallest absolute Gasteiger partial charge is 0.214 e. The van der Waals surface area contributed by atoms with Crippen LogP contribution in [0, 0.1) is 5.82 Å². The maximum absolute atomic E-state index is 14.4. The Morgan fingerprint density at radius 2 is 1.91 bits per heavy atom. The Labute approximate surface area is 136 Å². The van der Waals surface area contributed by atoms with E-state index in [1.165, 1.54) is 23.9 Å². The lowest BCUT2D eigenvalue weighted by atomic mass is 9.93. The maximum atomic E-state index is 14.4. The van der Waals surface area contributed by atoms with Crippen LogP contribution < -0.4 is 4.74 Å². The minimum absolute atomic E-state index is 0.00273. The van der Waals surface area contributed by atoms with Gasteiger partial charge in [0.15, 0.2) is 5.82 Å². The van der Waals surface area contributed by atoms with Crippen molar-refractivity contribution in [2.75, 3.05) is 0 Å². The van der Waals surface area contributed by atoms with Crippen LogP contribution in [-0.2, 0) is 12.8 Å². The molecule has 0 radical (unpaired) electrons. The fourth-order valence-corrected chi connectivity index (χ4v) is 3.18. The van der Waals surface area contributed by atoms with Gasteiger partial charge in [0, 0.05) is 28.9 Å². The largest absolute Gasteiger partial charge is 0.475 e. The minimum atomic E-state index is -0.345. The van der Waals surface area contributed by atoms with Gasteiger partial charge in [-0.2, -0.15) is 5.10 Å². The van der Waals surface area contributed by atoms with Crippen LogP contribution in [0.5, 0.6) is 5.88 Å². The summed E-state index contributed by atoms with van der Waals surface area (Å²) in [4.78, 5) is 4.03. The average Bonchev–Trinajstić information content (AvgIpc) is 2.88. The van der Waals surface area contributed by atoms with Gasteiger partial charge < -0.3 is 4.74 Å². The molecule has 0 aromatic carbocycles. The number of rotatable bonds is 4. The quantitative estimate of drug-likeness (QED) is 0.842. The van der Waals surface area contributed by atoms with E-state index in [0.29, 0.717) is 11.4 Å². The van der Waals surface area contributed by atoms with E-state index in [4.69, 9.17) is 9.84 Å². The Balaban J connectivity index is 2.11. The molecule has 0 saturated carbocycles. The fourth-order valence-electron chi connectivity index (χ4n) is 3.18. The molecule has 1 aliphatic rings. The Bertz CT molecular complexity index is 707. The molecule has 0 aliphatic heterocycles. The number of aromatic nitrogens is 3. The van der Waals surface area contributed by atoms with Crippen LogP contribution in [0.2, 0.25) is 0 Å². The molecule has 3 rings (SSSR count). The summed E-state index contributed by atoms with van der Waals surface area (Å²) in [6.07, 6.45) is 5.51. The van der Waals surface area contributed by atoms with E-state index in [1.807, 2.05) is 18.5 Å². The first kappa shape index (κ1) is 16.0. The first-order valence-electron chi connectivity index (χ1n) is 8.40. The number of fused-ring (bicyclic) bond motifs is 1. The molecule has 0 spiro atoms. The molecule has 0 fully saturated rings. The van der Waals surface area contributed by atoms with Gasteiger partial charge >= 0.3 is 0 Å². The number of hydrogen-bond donors (Lipinski definition) is 0. The van der Waals surface area contributed by atoms with Gasteiger partial charge in [-0.3, -0.25) is 4.68 Å².